The van der Waals surface area contributed by atoms with Gasteiger partial charge in [0.1, 0.15) is 23.9 Å². The van der Waals surface area contributed by atoms with Gasteiger partial charge in [0.2, 0.25) is 17.7 Å². The summed E-state index contributed by atoms with van der Waals surface area (Å²) in [4.78, 5) is 48.6. The number of amides is 3. The van der Waals surface area contributed by atoms with Crippen molar-refractivity contribution < 1.29 is 34.5 Å². The van der Waals surface area contributed by atoms with E-state index in [9.17, 15) is 34.5 Å². The fourth-order valence-electron chi connectivity index (χ4n) is 2.57. The molecule has 8 N–H and O–H groups in total. The minimum absolute atomic E-state index is 0.0161. The number of rotatable bonds is 12. The van der Waals surface area contributed by atoms with Crippen LogP contribution in [0.2, 0.25) is 0 Å². The number of aliphatic hydroxyl groups is 1. The van der Waals surface area contributed by atoms with Gasteiger partial charge in [-0.3, -0.25) is 14.4 Å². The summed E-state index contributed by atoms with van der Waals surface area (Å²) in [6.07, 6.45) is -0.0585. The summed E-state index contributed by atoms with van der Waals surface area (Å²) in [6, 6.07) is 1.05. The van der Waals surface area contributed by atoms with Crippen LogP contribution < -0.4 is 21.7 Å². The van der Waals surface area contributed by atoms with Gasteiger partial charge in [-0.2, -0.15) is 12.6 Å². The number of phenols is 1. The van der Waals surface area contributed by atoms with Crippen molar-refractivity contribution in [3.8, 4) is 5.75 Å². The number of carboxylic acid groups (broad SMARTS) is 1. The van der Waals surface area contributed by atoms with Gasteiger partial charge >= 0.3 is 5.97 Å². The van der Waals surface area contributed by atoms with E-state index in [0.717, 1.165) is 0 Å². The van der Waals surface area contributed by atoms with Gasteiger partial charge in [-0.05, 0) is 23.6 Å². The van der Waals surface area contributed by atoms with E-state index < -0.39 is 54.5 Å². The SMILES string of the molecule is CC(C)C(N)C(=O)NC(CO)C(=O)NC(CS)C(=O)NC(Cc1ccc(O)cc1)C(=O)O. The second kappa shape index (κ2) is 12.9. The molecular weight excluding hydrogens is 440 g/mol. The molecule has 0 heterocycles. The van der Waals surface area contributed by atoms with Crippen LogP contribution in [-0.2, 0) is 25.6 Å². The molecular formula is C20H30N4O7S. The highest BCUT2D eigenvalue weighted by atomic mass is 32.1. The Bertz CT molecular complexity index is 804. The Morgan fingerprint density at radius 3 is 1.91 bits per heavy atom. The maximum Gasteiger partial charge on any atom is 0.326 e. The zero-order valence-electron chi connectivity index (χ0n) is 17.8. The molecule has 4 atom stereocenters. The molecule has 0 aliphatic carbocycles. The molecule has 11 nitrogen and oxygen atoms in total. The van der Waals surface area contributed by atoms with Crippen molar-refractivity contribution in [2.75, 3.05) is 12.4 Å². The van der Waals surface area contributed by atoms with Gasteiger partial charge in [0, 0.05) is 12.2 Å². The van der Waals surface area contributed by atoms with Crippen molar-refractivity contribution in [1.29, 1.82) is 0 Å². The molecule has 0 aromatic heterocycles. The second-order valence-corrected chi connectivity index (χ2v) is 7.89. The topological polar surface area (TPSA) is 191 Å². The lowest BCUT2D eigenvalue weighted by Gasteiger charge is -2.24. The number of phenolic OH excluding ortho intramolecular Hbond substituents is 1. The molecule has 1 aromatic carbocycles. The lowest BCUT2D eigenvalue weighted by atomic mass is 10.0. The molecule has 0 saturated heterocycles. The standard InChI is InChI=1S/C20H30N4O7S/c1-10(2)16(21)19(29)23-14(8-25)17(27)24-15(9-32)18(28)22-13(20(30)31)7-11-3-5-12(26)6-4-11/h3-6,10,13-16,25-26,32H,7-9,21H2,1-2H3,(H,22,28)(H,23,29)(H,24,27)(H,30,31). The molecule has 0 radical (unpaired) electrons. The summed E-state index contributed by atoms with van der Waals surface area (Å²) in [6.45, 7) is 2.70. The molecule has 0 saturated carbocycles. The van der Waals surface area contributed by atoms with Gasteiger partial charge in [-0.15, -0.1) is 0 Å². The quantitative estimate of drug-likeness (QED) is 0.167. The number of thiol groups is 1. The Labute approximate surface area is 191 Å². The third-order valence-electron chi connectivity index (χ3n) is 4.64. The van der Waals surface area contributed by atoms with Crippen LogP contribution in [-0.4, -0.2) is 75.5 Å². The van der Waals surface area contributed by atoms with Crippen LogP contribution in [0, 0.1) is 5.92 Å². The molecule has 0 bridgehead atoms. The highest BCUT2D eigenvalue weighted by Crippen LogP contribution is 2.11. The van der Waals surface area contributed by atoms with Gasteiger partial charge in [0.05, 0.1) is 12.6 Å². The number of carbonyl (C=O) groups excluding carboxylic acids is 3. The van der Waals surface area contributed by atoms with E-state index in [-0.39, 0.29) is 23.8 Å². The Kier molecular flexibility index (Phi) is 11.0. The summed E-state index contributed by atoms with van der Waals surface area (Å²) in [7, 11) is 0. The van der Waals surface area contributed by atoms with Gasteiger partial charge in [0.25, 0.3) is 0 Å². The molecule has 178 valence electrons. The van der Waals surface area contributed by atoms with Crippen LogP contribution in [0.3, 0.4) is 0 Å². The summed E-state index contributed by atoms with van der Waals surface area (Å²) in [5.41, 5.74) is 6.28. The monoisotopic (exact) mass is 470 g/mol. The Balaban J connectivity index is 2.79. The highest BCUT2D eigenvalue weighted by molar-refractivity contribution is 7.80. The smallest absolute Gasteiger partial charge is 0.326 e. The number of carboxylic acids is 1. The number of nitrogens with one attached hydrogen (secondary N) is 3. The summed E-state index contributed by atoms with van der Waals surface area (Å²) in [5, 5.41) is 35.2. The van der Waals surface area contributed by atoms with E-state index in [1.165, 1.54) is 24.3 Å². The first-order chi connectivity index (χ1) is 15.0. The fraction of sp³-hybridized carbons (Fsp3) is 0.500. The predicted molar refractivity (Wildman–Crippen MR) is 119 cm³/mol. The number of carbonyl (C=O) groups is 4. The number of aliphatic hydroxyl groups excluding tert-OH is 1. The van der Waals surface area contributed by atoms with E-state index in [2.05, 4.69) is 28.6 Å². The van der Waals surface area contributed by atoms with Crippen molar-refractivity contribution in [1.82, 2.24) is 16.0 Å². The fourth-order valence-corrected chi connectivity index (χ4v) is 2.83. The first-order valence-electron chi connectivity index (χ1n) is 9.89. The van der Waals surface area contributed by atoms with Crippen LogP contribution in [0.25, 0.3) is 0 Å². The van der Waals surface area contributed by atoms with Crippen LogP contribution in [0.5, 0.6) is 5.75 Å². The zero-order chi connectivity index (χ0) is 24.4. The Hall–Kier alpha value is -2.83. The highest BCUT2D eigenvalue weighted by Gasteiger charge is 2.30. The third kappa shape index (κ3) is 8.36. The molecule has 0 aliphatic rings. The second-order valence-electron chi connectivity index (χ2n) is 7.53. The molecule has 0 spiro atoms. The Morgan fingerprint density at radius 2 is 1.44 bits per heavy atom. The van der Waals surface area contributed by atoms with Crippen LogP contribution >= 0.6 is 12.6 Å². The minimum Gasteiger partial charge on any atom is -0.508 e. The number of nitrogens with two attached hydrogens (primary N) is 1. The van der Waals surface area contributed by atoms with Crippen molar-refractivity contribution in [3.05, 3.63) is 29.8 Å². The van der Waals surface area contributed by atoms with Crippen molar-refractivity contribution in [2.45, 2.75) is 44.4 Å². The molecule has 0 fully saturated rings. The molecule has 0 aliphatic heterocycles. The number of hydrogen-bond acceptors (Lipinski definition) is 8. The first kappa shape index (κ1) is 27.2. The number of aromatic hydroxyl groups is 1. The van der Waals surface area contributed by atoms with Crippen LogP contribution in [0.15, 0.2) is 24.3 Å². The van der Waals surface area contributed by atoms with E-state index in [1.54, 1.807) is 13.8 Å². The lowest BCUT2D eigenvalue weighted by molar-refractivity contribution is -0.142. The van der Waals surface area contributed by atoms with Gasteiger partial charge < -0.3 is 37.0 Å². The number of aliphatic carboxylic acids is 1. The normalized spacial score (nSPS) is 14.7. The van der Waals surface area contributed by atoms with Crippen molar-refractivity contribution >= 4 is 36.3 Å². The molecule has 4 unspecified atom stereocenters. The van der Waals surface area contributed by atoms with Crippen molar-refractivity contribution in [3.63, 3.8) is 0 Å². The maximum absolute atomic E-state index is 12.6. The maximum atomic E-state index is 12.6. The summed E-state index contributed by atoms with van der Waals surface area (Å²) < 4.78 is 0. The van der Waals surface area contributed by atoms with Crippen LogP contribution in [0.1, 0.15) is 19.4 Å². The first-order valence-corrected chi connectivity index (χ1v) is 10.5. The van der Waals surface area contributed by atoms with E-state index in [1.807, 2.05) is 0 Å². The average molecular weight is 471 g/mol. The van der Waals surface area contributed by atoms with Gasteiger partial charge in [0.15, 0.2) is 0 Å². The predicted octanol–water partition coefficient (Wildman–Crippen LogP) is -1.62. The van der Waals surface area contributed by atoms with E-state index >= 15 is 0 Å². The average Bonchev–Trinajstić information content (AvgIpc) is 2.75. The summed E-state index contributed by atoms with van der Waals surface area (Å²) >= 11 is 4.02. The molecule has 3 amide bonds. The van der Waals surface area contributed by atoms with Crippen LogP contribution in [0.4, 0.5) is 0 Å². The largest absolute Gasteiger partial charge is 0.508 e. The summed E-state index contributed by atoms with van der Waals surface area (Å²) in [5.74, 6) is -3.93. The van der Waals surface area contributed by atoms with E-state index in [4.69, 9.17) is 5.73 Å². The minimum atomic E-state index is -1.35. The third-order valence-corrected chi connectivity index (χ3v) is 5.01. The molecule has 1 aromatic rings. The van der Waals surface area contributed by atoms with Gasteiger partial charge in [-0.1, -0.05) is 26.0 Å². The lowest BCUT2D eigenvalue weighted by Crippen LogP contribution is -2.59. The molecule has 1 rings (SSSR count). The number of benzene rings is 1. The molecule has 12 heteroatoms. The van der Waals surface area contributed by atoms with Gasteiger partial charge in [-0.25, -0.2) is 4.79 Å². The zero-order valence-corrected chi connectivity index (χ0v) is 18.7. The number of hydrogen-bond donors (Lipinski definition) is 8. The Morgan fingerprint density at radius 1 is 0.938 bits per heavy atom. The van der Waals surface area contributed by atoms with E-state index in [0.29, 0.717) is 5.56 Å². The molecule has 32 heavy (non-hydrogen) atoms. The van der Waals surface area contributed by atoms with Crippen molar-refractivity contribution in [2.24, 2.45) is 11.7 Å².